The van der Waals surface area contributed by atoms with Crippen molar-refractivity contribution in [1.29, 1.82) is 0 Å². The van der Waals surface area contributed by atoms with Gasteiger partial charge in [-0.15, -0.1) is 0 Å². The lowest BCUT2D eigenvalue weighted by Crippen LogP contribution is -2.24. The van der Waals surface area contributed by atoms with E-state index in [0.717, 1.165) is 6.08 Å². The summed E-state index contributed by atoms with van der Waals surface area (Å²) in [6.45, 7) is 9.04. The van der Waals surface area contributed by atoms with Gasteiger partial charge in [-0.2, -0.15) is 0 Å². The molecule has 0 bridgehead atoms. The summed E-state index contributed by atoms with van der Waals surface area (Å²) in [5, 5.41) is 0. The summed E-state index contributed by atoms with van der Waals surface area (Å²) >= 11 is 0. The molecule has 0 N–H and O–H groups in total. The molecule has 5 nitrogen and oxygen atoms in total. The Labute approximate surface area is 96.3 Å². The third-order valence-corrected chi connectivity index (χ3v) is 1.60. The topological polar surface area (TPSA) is 54.0 Å². The molecule has 0 fully saturated rings. The Kier molecular flexibility index (Phi) is 10.00. The van der Waals surface area contributed by atoms with Crippen molar-refractivity contribution in [2.24, 2.45) is 0 Å². The van der Waals surface area contributed by atoms with Crippen LogP contribution in [-0.4, -0.2) is 45.3 Å². The van der Waals surface area contributed by atoms with Crippen LogP contribution in [0, 0.1) is 0 Å². The van der Waals surface area contributed by atoms with E-state index < -0.39 is 5.97 Å². The van der Waals surface area contributed by atoms with Crippen molar-refractivity contribution in [2.45, 2.75) is 20.1 Å². The number of ether oxygens (including phenoxy) is 4. The molecule has 0 aromatic heterocycles. The minimum Gasteiger partial charge on any atom is -0.460 e. The quantitative estimate of drug-likeness (QED) is 0.244. The number of rotatable bonds is 10. The van der Waals surface area contributed by atoms with Gasteiger partial charge in [-0.1, -0.05) is 6.58 Å². The van der Waals surface area contributed by atoms with Crippen LogP contribution in [-0.2, 0) is 23.7 Å². The van der Waals surface area contributed by atoms with Crippen molar-refractivity contribution < 1.29 is 23.7 Å². The van der Waals surface area contributed by atoms with Gasteiger partial charge >= 0.3 is 5.97 Å². The molecule has 0 aromatic rings. The molecule has 0 aromatic carbocycles. The molecule has 0 heterocycles. The van der Waals surface area contributed by atoms with Gasteiger partial charge in [0.2, 0.25) is 0 Å². The van der Waals surface area contributed by atoms with Crippen molar-refractivity contribution in [3.05, 3.63) is 12.7 Å². The first kappa shape index (κ1) is 15.1. The van der Waals surface area contributed by atoms with Crippen LogP contribution in [0.1, 0.15) is 13.8 Å². The van der Waals surface area contributed by atoms with E-state index in [1.54, 1.807) is 0 Å². The van der Waals surface area contributed by atoms with E-state index in [0.29, 0.717) is 26.4 Å². The predicted molar refractivity (Wildman–Crippen MR) is 59.0 cm³/mol. The molecule has 0 radical (unpaired) electrons. The summed E-state index contributed by atoms with van der Waals surface area (Å²) in [6.07, 6.45) is 0.758. The van der Waals surface area contributed by atoms with Gasteiger partial charge in [0.1, 0.15) is 6.61 Å². The maximum Gasteiger partial charge on any atom is 0.330 e. The highest BCUT2D eigenvalue weighted by Gasteiger charge is 2.07. The van der Waals surface area contributed by atoms with E-state index in [1.165, 1.54) is 0 Å². The third kappa shape index (κ3) is 8.40. The Bertz CT molecular complexity index is 187. The molecule has 16 heavy (non-hydrogen) atoms. The summed E-state index contributed by atoms with van der Waals surface area (Å²) in [4.78, 5) is 10.7. The zero-order chi connectivity index (χ0) is 12.2. The van der Waals surface area contributed by atoms with Crippen molar-refractivity contribution in [2.75, 3.05) is 33.0 Å². The first-order valence-electron chi connectivity index (χ1n) is 5.34. The summed E-state index contributed by atoms with van der Waals surface area (Å²) in [5.41, 5.74) is 0. The van der Waals surface area contributed by atoms with Crippen molar-refractivity contribution in [3.8, 4) is 0 Å². The molecule has 0 aliphatic rings. The molecule has 94 valence electrons. The lowest BCUT2D eigenvalue weighted by Gasteiger charge is -2.16. The van der Waals surface area contributed by atoms with Crippen molar-refractivity contribution >= 4 is 5.97 Å². The second-order valence-electron chi connectivity index (χ2n) is 2.79. The fraction of sp³-hybridized carbons (Fsp3) is 0.727. The molecule has 0 atom stereocenters. The minimum atomic E-state index is -0.449. The lowest BCUT2D eigenvalue weighted by atomic mass is 10.6. The molecular weight excluding hydrogens is 212 g/mol. The standard InChI is InChI=1S/C11H20O5/c1-4-10(12)16-8-7-13-9-11(14-5-2)15-6-3/h4,11H,1,5-9H2,2-3H3. The first-order valence-corrected chi connectivity index (χ1v) is 5.34. The Morgan fingerprint density at radius 1 is 1.25 bits per heavy atom. The molecule has 0 aliphatic carbocycles. The second-order valence-corrected chi connectivity index (χ2v) is 2.79. The van der Waals surface area contributed by atoms with E-state index in [4.69, 9.17) is 18.9 Å². The van der Waals surface area contributed by atoms with Gasteiger partial charge in [-0.3, -0.25) is 0 Å². The summed E-state index contributed by atoms with van der Waals surface area (Å²) < 4.78 is 20.5. The van der Waals surface area contributed by atoms with Crippen LogP contribution in [0.15, 0.2) is 12.7 Å². The molecule has 0 aliphatic heterocycles. The van der Waals surface area contributed by atoms with Gasteiger partial charge in [-0.05, 0) is 13.8 Å². The van der Waals surface area contributed by atoms with Crippen LogP contribution in [0.5, 0.6) is 0 Å². The second kappa shape index (κ2) is 10.6. The van der Waals surface area contributed by atoms with Gasteiger partial charge in [0.15, 0.2) is 6.29 Å². The number of hydrogen-bond donors (Lipinski definition) is 0. The Balaban J connectivity index is 3.46. The van der Waals surface area contributed by atoms with Gasteiger partial charge in [0.25, 0.3) is 0 Å². The monoisotopic (exact) mass is 232 g/mol. The summed E-state index contributed by atoms with van der Waals surface area (Å²) in [6, 6.07) is 0. The third-order valence-electron chi connectivity index (χ3n) is 1.60. The smallest absolute Gasteiger partial charge is 0.330 e. The van der Waals surface area contributed by atoms with Crippen LogP contribution < -0.4 is 0 Å². The SMILES string of the molecule is C=CC(=O)OCCOCC(OCC)OCC. The average molecular weight is 232 g/mol. The Morgan fingerprint density at radius 2 is 1.88 bits per heavy atom. The maximum atomic E-state index is 10.7. The minimum absolute atomic E-state index is 0.204. The molecule has 0 spiro atoms. The van der Waals surface area contributed by atoms with E-state index in [1.807, 2.05) is 13.8 Å². The van der Waals surface area contributed by atoms with Crippen LogP contribution in [0.4, 0.5) is 0 Å². The lowest BCUT2D eigenvalue weighted by molar-refractivity contribution is -0.170. The first-order chi connectivity index (χ1) is 7.74. The number of esters is 1. The highest BCUT2D eigenvalue weighted by molar-refractivity contribution is 5.81. The molecule has 0 amide bonds. The fourth-order valence-electron chi connectivity index (χ4n) is 0.956. The van der Waals surface area contributed by atoms with E-state index >= 15 is 0 Å². The van der Waals surface area contributed by atoms with E-state index in [9.17, 15) is 4.79 Å². The van der Waals surface area contributed by atoms with E-state index in [-0.39, 0.29) is 12.9 Å². The largest absolute Gasteiger partial charge is 0.460 e. The van der Waals surface area contributed by atoms with Gasteiger partial charge in [0.05, 0.1) is 13.2 Å². The van der Waals surface area contributed by atoms with Gasteiger partial charge in [-0.25, -0.2) is 4.79 Å². The average Bonchev–Trinajstić information content (AvgIpc) is 2.28. The molecule has 0 saturated carbocycles. The summed E-state index contributed by atoms with van der Waals surface area (Å²) in [5.74, 6) is -0.449. The van der Waals surface area contributed by atoms with Crippen LogP contribution in [0.25, 0.3) is 0 Å². The molecule has 0 rings (SSSR count). The zero-order valence-electron chi connectivity index (χ0n) is 9.94. The number of hydrogen-bond acceptors (Lipinski definition) is 5. The van der Waals surface area contributed by atoms with Crippen molar-refractivity contribution in [1.82, 2.24) is 0 Å². The molecule has 0 saturated heterocycles. The maximum absolute atomic E-state index is 10.7. The molecular formula is C11H20O5. The zero-order valence-corrected chi connectivity index (χ0v) is 9.94. The normalized spacial score (nSPS) is 10.4. The predicted octanol–water partition coefficient (Wildman–Crippen LogP) is 1.13. The van der Waals surface area contributed by atoms with Gasteiger partial charge in [0, 0.05) is 19.3 Å². The summed E-state index contributed by atoms with van der Waals surface area (Å²) in [7, 11) is 0. The van der Waals surface area contributed by atoms with Gasteiger partial charge < -0.3 is 18.9 Å². The Morgan fingerprint density at radius 3 is 2.38 bits per heavy atom. The van der Waals surface area contributed by atoms with Crippen LogP contribution in [0.3, 0.4) is 0 Å². The highest BCUT2D eigenvalue weighted by atomic mass is 16.7. The number of carbonyl (C=O) groups excluding carboxylic acids is 1. The number of carbonyl (C=O) groups is 1. The highest BCUT2D eigenvalue weighted by Crippen LogP contribution is 1.96. The van der Waals surface area contributed by atoms with Crippen molar-refractivity contribution in [3.63, 3.8) is 0 Å². The fourth-order valence-corrected chi connectivity index (χ4v) is 0.956. The Hall–Kier alpha value is -0.910. The van der Waals surface area contributed by atoms with Crippen LogP contribution >= 0.6 is 0 Å². The molecule has 5 heteroatoms. The van der Waals surface area contributed by atoms with Crippen LogP contribution in [0.2, 0.25) is 0 Å². The molecule has 0 unspecified atom stereocenters. The van der Waals surface area contributed by atoms with E-state index in [2.05, 4.69) is 6.58 Å².